The van der Waals surface area contributed by atoms with E-state index in [0.29, 0.717) is 5.56 Å². The zero-order chi connectivity index (χ0) is 15.6. The van der Waals surface area contributed by atoms with Gasteiger partial charge in [0.05, 0.1) is 10.6 Å². The molecule has 8 heteroatoms. The monoisotopic (exact) mass is 306 g/mol. The summed E-state index contributed by atoms with van der Waals surface area (Å²) < 4.78 is 0. The SMILES string of the molecule is Cc1cc(C(=O)Nc2ccsc2C(=O)O)cc([N+](=O)[O-])c1. The summed E-state index contributed by atoms with van der Waals surface area (Å²) in [5.74, 6) is -1.74. The van der Waals surface area contributed by atoms with Crippen LogP contribution < -0.4 is 5.32 Å². The fourth-order valence-electron chi connectivity index (χ4n) is 1.77. The maximum absolute atomic E-state index is 12.1. The van der Waals surface area contributed by atoms with Crippen LogP contribution in [0.4, 0.5) is 11.4 Å². The molecule has 0 spiro atoms. The second kappa shape index (κ2) is 5.71. The van der Waals surface area contributed by atoms with Crippen molar-refractivity contribution in [1.82, 2.24) is 0 Å². The first kappa shape index (κ1) is 14.7. The van der Waals surface area contributed by atoms with Gasteiger partial charge in [0.15, 0.2) is 0 Å². The van der Waals surface area contributed by atoms with Crippen molar-refractivity contribution < 1.29 is 19.6 Å². The number of aromatic carboxylic acids is 1. The van der Waals surface area contributed by atoms with Crippen LogP contribution in [-0.4, -0.2) is 21.9 Å². The number of benzene rings is 1. The van der Waals surface area contributed by atoms with Gasteiger partial charge in [-0.1, -0.05) is 0 Å². The summed E-state index contributed by atoms with van der Waals surface area (Å²) in [4.78, 5) is 33.3. The highest BCUT2D eigenvalue weighted by atomic mass is 32.1. The van der Waals surface area contributed by atoms with Gasteiger partial charge in [0, 0.05) is 17.7 Å². The maximum Gasteiger partial charge on any atom is 0.348 e. The predicted octanol–water partition coefficient (Wildman–Crippen LogP) is 2.92. The number of nitro benzene ring substituents is 1. The fraction of sp³-hybridized carbons (Fsp3) is 0.0769. The fourth-order valence-corrected chi connectivity index (χ4v) is 2.45. The van der Waals surface area contributed by atoms with Crippen LogP contribution in [0, 0.1) is 17.0 Å². The number of non-ortho nitro benzene ring substituents is 1. The second-order valence-corrected chi connectivity index (χ2v) is 5.15. The van der Waals surface area contributed by atoms with Crippen molar-refractivity contribution in [2.75, 3.05) is 5.32 Å². The lowest BCUT2D eigenvalue weighted by molar-refractivity contribution is -0.384. The number of aryl methyl sites for hydroxylation is 1. The number of nitrogens with zero attached hydrogens (tertiary/aromatic N) is 1. The van der Waals surface area contributed by atoms with Crippen molar-refractivity contribution in [3.8, 4) is 0 Å². The average molecular weight is 306 g/mol. The molecule has 2 rings (SSSR count). The zero-order valence-corrected chi connectivity index (χ0v) is 11.6. The molecule has 0 aliphatic heterocycles. The predicted molar refractivity (Wildman–Crippen MR) is 77.1 cm³/mol. The number of anilines is 1. The largest absolute Gasteiger partial charge is 0.477 e. The van der Waals surface area contributed by atoms with E-state index in [9.17, 15) is 19.7 Å². The van der Waals surface area contributed by atoms with Gasteiger partial charge in [0.2, 0.25) is 0 Å². The van der Waals surface area contributed by atoms with E-state index >= 15 is 0 Å². The molecule has 0 unspecified atom stereocenters. The smallest absolute Gasteiger partial charge is 0.348 e. The summed E-state index contributed by atoms with van der Waals surface area (Å²) in [6.45, 7) is 1.64. The first-order valence-electron chi connectivity index (χ1n) is 5.76. The highest BCUT2D eigenvalue weighted by Gasteiger charge is 2.17. The van der Waals surface area contributed by atoms with Crippen LogP contribution in [0.25, 0.3) is 0 Å². The number of thiophene rings is 1. The molecule has 0 bridgehead atoms. The summed E-state index contributed by atoms with van der Waals surface area (Å²) in [7, 11) is 0. The summed E-state index contributed by atoms with van der Waals surface area (Å²) in [5.41, 5.74) is 0.646. The summed E-state index contributed by atoms with van der Waals surface area (Å²) in [6, 6.07) is 5.46. The lowest BCUT2D eigenvalue weighted by Gasteiger charge is -2.05. The van der Waals surface area contributed by atoms with Gasteiger partial charge in [-0.3, -0.25) is 14.9 Å². The van der Waals surface area contributed by atoms with Gasteiger partial charge in [-0.2, -0.15) is 0 Å². The van der Waals surface area contributed by atoms with Crippen LogP contribution in [0.15, 0.2) is 29.6 Å². The van der Waals surface area contributed by atoms with Crippen molar-refractivity contribution in [1.29, 1.82) is 0 Å². The lowest BCUT2D eigenvalue weighted by atomic mass is 10.1. The molecule has 0 aliphatic rings. The molecule has 1 aromatic carbocycles. The number of carbonyl (C=O) groups is 2. The molecule has 0 radical (unpaired) electrons. The molecule has 0 saturated heterocycles. The van der Waals surface area contributed by atoms with Gasteiger partial charge in [-0.25, -0.2) is 4.79 Å². The molecule has 0 atom stereocenters. The molecule has 0 aliphatic carbocycles. The van der Waals surface area contributed by atoms with E-state index < -0.39 is 16.8 Å². The Hall–Kier alpha value is -2.74. The van der Waals surface area contributed by atoms with Gasteiger partial charge in [0.25, 0.3) is 11.6 Å². The summed E-state index contributed by atoms with van der Waals surface area (Å²) in [6.07, 6.45) is 0. The molecule has 1 aromatic heterocycles. The third-order valence-electron chi connectivity index (χ3n) is 2.64. The molecule has 21 heavy (non-hydrogen) atoms. The Kier molecular flexibility index (Phi) is 3.99. The summed E-state index contributed by atoms with van der Waals surface area (Å²) in [5, 5.41) is 23.7. The number of rotatable bonds is 4. The van der Waals surface area contributed by atoms with E-state index in [-0.39, 0.29) is 21.8 Å². The lowest BCUT2D eigenvalue weighted by Crippen LogP contribution is -2.14. The van der Waals surface area contributed by atoms with E-state index in [1.54, 1.807) is 6.92 Å². The van der Waals surface area contributed by atoms with Crippen LogP contribution in [0.1, 0.15) is 25.6 Å². The Labute approximate surface area is 123 Å². The number of carboxylic acid groups (broad SMARTS) is 1. The number of carbonyl (C=O) groups excluding carboxylic acids is 1. The molecule has 7 nitrogen and oxygen atoms in total. The summed E-state index contributed by atoms with van der Waals surface area (Å²) >= 11 is 0.984. The van der Waals surface area contributed by atoms with Gasteiger partial charge >= 0.3 is 5.97 Å². The Morgan fingerprint density at radius 3 is 2.67 bits per heavy atom. The minimum atomic E-state index is -1.14. The standard InChI is InChI=1S/C13H10N2O5S/c1-7-4-8(6-9(5-7)15(19)20)12(16)14-10-2-3-21-11(10)13(17)18/h2-6H,1H3,(H,14,16)(H,17,18). The molecule has 0 fully saturated rings. The van der Waals surface area contributed by atoms with Crippen LogP contribution in [0.2, 0.25) is 0 Å². The topological polar surface area (TPSA) is 110 Å². The Bertz CT molecular complexity index is 738. The zero-order valence-electron chi connectivity index (χ0n) is 10.8. The average Bonchev–Trinajstić information content (AvgIpc) is 2.86. The van der Waals surface area contributed by atoms with Crippen molar-refractivity contribution >= 4 is 34.6 Å². The molecule has 2 aromatic rings. The number of carboxylic acids is 1. The van der Waals surface area contributed by atoms with Crippen LogP contribution in [0.5, 0.6) is 0 Å². The van der Waals surface area contributed by atoms with Crippen LogP contribution >= 0.6 is 11.3 Å². The maximum atomic E-state index is 12.1. The molecular formula is C13H10N2O5S. The Balaban J connectivity index is 2.30. The minimum Gasteiger partial charge on any atom is -0.477 e. The second-order valence-electron chi connectivity index (χ2n) is 4.24. The number of hydrogen-bond acceptors (Lipinski definition) is 5. The number of nitrogens with one attached hydrogen (secondary N) is 1. The first-order valence-corrected chi connectivity index (χ1v) is 6.64. The van der Waals surface area contributed by atoms with Crippen molar-refractivity contribution in [3.63, 3.8) is 0 Å². The van der Waals surface area contributed by atoms with E-state index in [0.717, 1.165) is 17.4 Å². The first-order chi connectivity index (χ1) is 9.88. The van der Waals surface area contributed by atoms with E-state index in [2.05, 4.69) is 5.32 Å². The van der Waals surface area contributed by atoms with Crippen molar-refractivity contribution in [3.05, 3.63) is 55.8 Å². The molecule has 108 valence electrons. The van der Waals surface area contributed by atoms with Crippen molar-refractivity contribution in [2.45, 2.75) is 6.92 Å². The van der Waals surface area contributed by atoms with Gasteiger partial charge in [-0.05, 0) is 30.0 Å². The normalized spacial score (nSPS) is 10.1. The molecular weight excluding hydrogens is 296 g/mol. The van der Waals surface area contributed by atoms with E-state index in [1.807, 2.05) is 0 Å². The number of nitro groups is 1. The van der Waals surface area contributed by atoms with E-state index in [1.165, 1.54) is 23.6 Å². The van der Waals surface area contributed by atoms with E-state index in [4.69, 9.17) is 5.11 Å². The highest BCUT2D eigenvalue weighted by Crippen LogP contribution is 2.24. The van der Waals surface area contributed by atoms with Gasteiger partial charge in [0.1, 0.15) is 4.88 Å². The van der Waals surface area contributed by atoms with Gasteiger partial charge in [-0.15, -0.1) is 11.3 Å². The molecule has 1 amide bonds. The third-order valence-corrected chi connectivity index (χ3v) is 3.55. The molecule has 0 saturated carbocycles. The highest BCUT2D eigenvalue weighted by molar-refractivity contribution is 7.12. The van der Waals surface area contributed by atoms with Crippen molar-refractivity contribution in [2.24, 2.45) is 0 Å². The van der Waals surface area contributed by atoms with Crippen LogP contribution in [-0.2, 0) is 0 Å². The number of hydrogen-bond donors (Lipinski definition) is 2. The van der Waals surface area contributed by atoms with Crippen LogP contribution in [0.3, 0.4) is 0 Å². The molecule has 2 N–H and O–H groups in total. The van der Waals surface area contributed by atoms with Gasteiger partial charge < -0.3 is 10.4 Å². The Morgan fingerprint density at radius 2 is 2.05 bits per heavy atom. The quantitative estimate of drug-likeness (QED) is 0.666. The minimum absolute atomic E-state index is 0.00510. The number of amides is 1. The Morgan fingerprint density at radius 1 is 1.33 bits per heavy atom. The third kappa shape index (κ3) is 3.23. The molecule has 1 heterocycles.